The van der Waals surface area contributed by atoms with Crippen molar-refractivity contribution in [2.75, 3.05) is 13.2 Å². The van der Waals surface area contributed by atoms with Gasteiger partial charge in [0.25, 0.3) is 0 Å². The van der Waals surface area contributed by atoms with Crippen LogP contribution >= 0.6 is 0 Å². The second-order valence-corrected chi connectivity index (χ2v) is 7.26. The molecule has 126 valence electrons. The van der Waals surface area contributed by atoms with Gasteiger partial charge in [-0.05, 0) is 36.5 Å². The lowest BCUT2D eigenvalue weighted by atomic mass is 9.75. The fraction of sp³-hybridized carbons (Fsp3) is 0.429. The summed E-state index contributed by atoms with van der Waals surface area (Å²) < 4.78 is 5.81. The first-order valence-electron chi connectivity index (χ1n) is 8.82. The molecule has 0 saturated carbocycles. The standard InChI is InChI=1S/C21H25NO2/c1-16-7-5-6-10-20(16)21(23)11-18-14-24-15-19(12-21)22(18)13-17-8-3-2-4-9-17/h2-10,18-19,23H,11-15H2,1H3. The van der Waals surface area contributed by atoms with Crippen LogP contribution in [0.3, 0.4) is 0 Å². The number of hydrogen-bond acceptors (Lipinski definition) is 3. The molecular formula is C21H25NO2. The van der Waals surface area contributed by atoms with Gasteiger partial charge in [0.2, 0.25) is 0 Å². The predicted octanol–water partition coefficient (Wildman–Crippen LogP) is 3.25. The maximum Gasteiger partial charge on any atom is 0.0930 e. The summed E-state index contributed by atoms with van der Waals surface area (Å²) in [6.45, 7) is 4.44. The minimum Gasteiger partial charge on any atom is -0.385 e. The zero-order valence-corrected chi connectivity index (χ0v) is 14.2. The third-order valence-electron chi connectivity index (χ3n) is 5.56. The van der Waals surface area contributed by atoms with Gasteiger partial charge in [-0.25, -0.2) is 0 Å². The first kappa shape index (κ1) is 15.8. The number of hydrogen-bond donors (Lipinski definition) is 1. The maximum atomic E-state index is 11.4. The molecule has 1 N–H and O–H groups in total. The van der Waals surface area contributed by atoms with Crippen LogP contribution in [0.5, 0.6) is 0 Å². The summed E-state index contributed by atoms with van der Waals surface area (Å²) in [5, 5.41) is 11.4. The highest BCUT2D eigenvalue weighted by Crippen LogP contribution is 2.42. The average molecular weight is 323 g/mol. The summed E-state index contributed by atoms with van der Waals surface area (Å²) in [4.78, 5) is 2.53. The first-order chi connectivity index (χ1) is 11.7. The molecule has 0 aliphatic carbocycles. The van der Waals surface area contributed by atoms with Crippen molar-refractivity contribution in [1.82, 2.24) is 4.90 Å². The normalized spacial score (nSPS) is 30.2. The molecule has 0 spiro atoms. The summed E-state index contributed by atoms with van der Waals surface area (Å²) in [6.07, 6.45) is 1.47. The van der Waals surface area contributed by atoms with Crippen LogP contribution in [0, 0.1) is 6.92 Å². The molecule has 2 atom stereocenters. The molecule has 2 heterocycles. The molecule has 2 fully saturated rings. The molecule has 2 aliphatic rings. The van der Waals surface area contributed by atoms with Gasteiger partial charge in [-0.1, -0.05) is 54.6 Å². The van der Waals surface area contributed by atoms with Crippen molar-refractivity contribution in [3.63, 3.8) is 0 Å². The Morgan fingerprint density at radius 3 is 2.29 bits per heavy atom. The Labute approximate surface area is 143 Å². The van der Waals surface area contributed by atoms with Gasteiger partial charge in [-0.2, -0.15) is 0 Å². The van der Waals surface area contributed by atoms with E-state index in [9.17, 15) is 5.11 Å². The molecule has 2 saturated heterocycles. The van der Waals surface area contributed by atoms with Crippen molar-refractivity contribution >= 4 is 0 Å². The largest absolute Gasteiger partial charge is 0.385 e. The Hall–Kier alpha value is -1.68. The molecule has 2 aromatic rings. The van der Waals surface area contributed by atoms with Gasteiger partial charge in [-0.15, -0.1) is 0 Å². The van der Waals surface area contributed by atoms with Gasteiger partial charge >= 0.3 is 0 Å². The van der Waals surface area contributed by atoms with Crippen LogP contribution in [0.1, 0.15) is 29.5 Å². The van der Waals surface area contributed by atoms with Crippen molar-refractivity contribution < 1.29 is 9.84 Å². The maximum absolute atomic E-state index is 11.4. The predicted molar refractivity (Wildman–Crippen MR) is 94.7 cm³/mol. The van der Waals surface area contributed by atoms with Gasteiger partial charge < -0.3 is 9.84 Å². The van der Waals surface area contributed by atoms with E-state index < -0.39 is 5.60 Å². The molecule has 4 rings (SSSR count). The van der Waals surface area contributed by atoms with E-state index >= 15 is 0 Å². The van der Waals surface area contributed by atoms with Gasteiger partial charge in [0.15, 0.2) is 0 Å². The SMILES string of the molecule is Cc1ccccc1C1(O)CC2COCC(C1)N2Cc1ccccc1. The number of nitrogens with zero attached hydrogens (tertiary/aromatic N) is 1. The number of benzene rings is 2. The summed E-state index contributed by atoms with van der Waals surface area (Å²) in [6, 6.07) is 19.4. The Bertz CT molecular complexity index is 686. The Morgan fingerprint density at radius 2 is 1.62 bits per heavy atom. The summed E-state index contributed by atoms with van der Waals surface area (Å²) in [5.41, 5.74) is 2.85. The highest BCUT2D eigenvalue weighted by atomic mass is 16.5. The van der Waals surface area contributed by atoms with E-state index in [-0.39, 0.29) is 12.1 Å². The summed E-state index contributed by atoms with van der Waals surface area (Å²) >= 11 is 0. The van der Waals surface area contributed by atoms with Crippen molar-refractivity contribution in [3.8, 4) is 0 Å². The van der Waals surface area contributed by atoms with Crippen LogP contribution in [-0.2, 0) is 16.9 Å². The van der Waals surface area contributed by atoms with Crippen LogP contribution in [0.15, 0.2) is 54.6 Å². The summed E-state index contributed by atoms with van der Waals surface area (Å²) in [7, 11) is 0. The topological polar surface area (TPSA) is 32.7 Å². The van der Waals surface area contributed by atoms with Gasteiger partial charge in [-0.3, -0.25) is 4.90 Å². The number of ether oxygens (including phenoxy) is 1. The Balaban J connectivity index is 1.60. The smallest absolute Gasteiger partial charge is 0.0930 e. The molecule has 3 nitrogen and oxygen atoms in total. The zero-order valence-electron chi connectivity index (χ0n) is 14.2. The second-order valence-electron chi connectivity index (χ2n) is 7.26. The number of fused-ring (bicyclic) bond motifs is 2. The van der Waals surface area contributed by atoms with E-state index in [2.05, 4.69) is 54.3 Å². The molecule has 24 heavy (non-hydrogen) atoms. The highest BCUT2D eigenvalue weighted by Gasteiger charge is 2.47. The number of morpholine rings is 1. The van der Waals surface area contributed by atoms with Crippen LogP contribution in [0.4, 0.5) is 0 Å². The first-order valence-corrected chi connectivity index (χ1v) is 8.82. The fourth-order valence-corrected chi connectivity index (χ4v) is 4.41. The Kier molecular flexibility index (Phi) is 4.17. The molecule has 2 bridgehead atoms. The number of aliphatic hydroxyl groups is 1. The van der Waals surface area contributed by atoms with E-state index in [1.54, 1.807) is 0 Å². The van der Waals surface area contributed by atoms with Crippen LogP contribution < -0.4 is 0 Å². The number of piperidine rings is 1. The lowest BCUT2D eigenvalue weighted by Crippen LogP contribution is -2.60. The molecule has 3 heteroatoms. The van der Waals surface area contributed by atoms with Gasteiger partial charge in [0.05, 0.1) is 18.8 Å². The van der Waals surface area contributed by atoms with Crippen LogP contribution in [0.2, 0.25) is 0 Å². The minimum atomic E-state index is -0.738. The van der Waals surface area contributed by atoms with Crippen LogP contribution in [-0.4, -0.2) is 35.3 Å². The molecule has 2 unspecified atom stereocenters. The highest BCUT2D eigenvalue weighted by molar-refractivity contribution is 5.32. The van der Waals surface area contributed by atoms with E-state index in [0.29, 0.717) is 13.2 Å². The third kappa shape index (κ3) is 2.88. The van der Waals surface area contributed by atoms with E-state index in [4.69, 9.17) is 4.74 Å². The number of rotatable bonds is 3. The quantitative estimate of drug-likeness (QED) is 0.941. The Morgan fingerprint density at radius 1 is 1.00 bits per heavy atom. The molecular weight excluding hydrogens is 298 g/mol. The van der Waals surface area contributed by atoms with E-state index in [1.807, 2.05) is 12.1 Å². The number of aryl methyl sites for hydroxylation is 1. The van der Waals surface area contributed by atoms with E-state index in [1.165, 1.54) is 11.1 Å². The second kappa shape index (κ2) is 6.32. The molecule has 0 aromatic heterocycles. The fourth-order valence-electron chi connectivity index (χ4n) is 4.41. The van der Waals surface area contributed by atoms with Crippen molar-refractivity contribution in [1.29, 1.82) is 0 Å². The molecule has 2 aromatic carbocycles. The lowest BCUT2D eigenvalue weighted by Gasteiger charge is -2.52. The monoisotopic (exact) mass is 323 g/mol. The average Bonchev–Trinajstić information content (AvgIpc) is 2.57. The summed E-state index contributed by atoms with van der Waals surface area (Å²) in [5.74, 6) is 0. The third-order valence-corrected chi connectivity index (χ3v) is 5.56. The van der Waals surface area contributed by atoms with Crippen molar-refractivity contribution in [2.45, 2.75) is 44.0 Å². The lowest BCUT2D eigenvalue weighted by molar-refractivity contribution is -0.149. The van der Waals surface area contributed by atoms with Gasteiger partial charge in [0.1, 0.15) is 0 Å². The van der Waals surface area contributed by atoms with Crippen LogP contribution in [0.25, 0.3) is 0 Å². The van der Waals surface area contributed by atoms with Gasteiger partial charge in [0, 0.05) is 18.6 Å². The zero-order chi connectivity index (χ0) is 16.6. The molecule has 0 amide bonds. The molecule has 0 radical (unpaired) electrons. The van der Waals surface area contributed by atoms with E-state index in [0.717, 1.165) is 24.9 Å². The van der Waals surface area contributed by atoms with Crippen molar-refractivity contribution in [2.24, 2.45) is 0 Å². The molecule has 2 aliphatic heterocycles. The minimum absolute atomic E-state index is 0.266. The van der Waals surface area contributed by atoms with Crippen molar-refractivity contribution in [3.05, 3.63) is 71.3 Å².